The van der Waals surface area contributed by atoms with Crippen LogP contribution >= 0.6 is 0 Å². The van der Waals surface area contributed by atoms with Crippen molar-refractivity contribution in [3.05, 3.63) is 0 Å². The van der Waals surface area contributed by atoms with Crippen LogP contribution in [-0.2, 0) is 9.59 Å². The molecule has 1 saturated carbocycles. The Labute approximate surface area is 122 Å². The number of nitrogens with two attached hydrogens (primary N) is 1. The molecule has 0 heterocycles. The molecule has 4 N–H and O–H groups in total. The molecule has 2 amide bonds. The highest BCUT2D eigenvalue weighted by Crippen LogP contribution is 2.25. The molecule has 1 fully saturated rings. The number of rotatable bonds is 4. The van der Waals surface area contributed by atoms with Gasteiger partial charge < -0.3 is 16.4 Å². The highest BCUT2D eigenvalue weighted by Gasteiger charge is 2.24. The average molecular weight is 283 g/mol. The maximum Gasteiger partial charge on any atom is 0.242 e. The predicted octanol–water partition coefficient (Wildman–Crippen LogP) is 1.31. The third-order valence-corrected chi connectivity index (χ3v) is 3.63. The Bertz CT molecular complexity index is 342. The smallest absolute Gasteiger partial charge is 0.242 e. The van der Waals surface area contributed by atoms with Crippen molar-refractivity contribution in [2.75, 3.05) is 0 Å². The number of carbonyl (C=O) groups is 2. The van der Waals surface area contributed by atoms with E-state index in [0.29, 0.717) is 18.4 Å². The van der Waals surface area contributed by atoms with Gasteiger partial charge in [-0.1, -0.05) is 0 Å². The van der Waals surface area contributed by atoms with Crippen molar-refractivity contribution in [2.45, 2.75) is 77.4 Å². The molecule has 1 unspecified atom stereocenters. The van der Waals surface area contributed by atoms with Crippen molar-refractivity contribution in [3.8, 4) is 0 Å². The largest absolute Gasteiger partial charge is 0.350 e. The van der Waals surface area contributed by atoms with E-state index in [1.165, 1.54) is 0 Å². The summed E-state index contributed by atoms with van der Waals surface area (Å²) < 4.78 is 0. The SMILES string of the molecule is CC(NC(=O)CC1CCC(N)CC1)C(=O)NC(C)(C)C. The van der Waals surface area contributed by atoms with Gasteiger partial charge in [-0.25, -0.2) is 0 Å². The maximum atomic E-state index is 12.0. The molecule has 1 aliphatic carbocycles. The van der Waals surface area contributed by atoms with Crippen LogP contribution in [0.5, 0.6) is 0 Å². The van der Waals surface area contributed by atoms with E-state index in [1.54, 1.807) is 6.92 Å². The van der Waals surface area contributed by atoms with Crippen molar-refractivity contribution >= 4 is 11.8 Å². The second kappa shape index (κ2) is 7.07. The van der Waals surface area contributed by atoms with E-state index >= 15 is 0 Å². The first-order valence-corrected chi connectivity index (χ1v) is 7.54. The molecule has 0 aromatic carbocycles. The highest BCUT2D eigenvalue weighted by molar-refractivity contribution is 5.87. The van der Waals surface area contributed by atoms with Gasteiger partial charge in [-0.3, -0.25) is 9.59 Å². The van der Waals surface area contributed by atoms with E-state index in [9.17, 15) is 9.59 Å². The first-order valence-electron chi connectivity index (χ1n) is 7.54. The van der Waals surface area contributed by atoms with Crippen molar-refractivity contribution in [1.82, 2.24) is 10.6 Å². The van der Waals surface area contributed by atoms with Gasteiger partial charge in [0.25, 0.3) is 0 Å². The molecule has 20 heavy (non-hydrogen) atoms. The molecule has 0 bridgehead atoms. The van der Waals surface area contributed by atoms with Gasteiger partial charge in [-0.15, -0.1) is 0 Å². The van der Waals surface area contributed by atoms with E-state index in [0.717, 1.165) is 25.7 Å². The third-order valence-electron chi connectivity index (χ3n) is 3.63. The molecule has 0 aromatic heterocycles. The number of nitrogens with one attached hydrogen (secondary N) is 2. The van der Waals surface area contributed by atoms with E-state index in [4.69, 9.17) is 5.73 Å². The Kier molecular flexibility index (Phi) is 5.99. The lowest BCUT2D eigenvalue weighted by molar-refractivity contribution is -0.130. The minimum absolute atomic E-state index is 0.0398. The topological polar surface area (TPSA) is 84.2 Å². The lowest BCUT2D eigenvalue weighted by Crippen LogP contribution is -2.51. The minimum Gasteiger partial charge on any atom is -0.350 e. The molecule has 0 spiro atoms. The Morgan fingerprint density at radius 1 is 1.20 bits per heavy atom. The molecular weight excluding hydrogens is 254 g/mol. The van der Waals surface area contributed by atoms with Gasteiger partial charge in [-0.05, 0) is 59.3 Å². The predicted molar refractivity (Wildman–Crippen MR) is 80.1 cm³/mol. The van der Waals surface area contributed by atoms with E-state index in [2.05, 4.69) is 10.6 Å². The molecule has 1 rings (SSSR count). The Hall–Kier alpha value is -1.10. The molecule has 5 nitrogen and oxygen atoms in total. The van der Waals surface area contributed by atoms with Crippen molar-refractivity contribution in [2.24, 2.45) is 11.7 Å². The Morgan fingerprint density at radius 3 is 2.25 bits per heavy atom. The lowest BCUT2D eigenvalue weighted by atomic mass is 9.84. The highest BCUT2D eigenvalue weighted by atomic mass is 16.2. The summed E-state index contributed by atoms with van der Waals surface area (Å²) >= 11 is 0. The third kappa shape index (κ3) is 6.37. The first kappa shape index (κ1) is 17.0. The van der Waals surface area contributed by atoms with Crippen molar-refractivity contribution in [1.29, 1.82) is 0 Å². The molecule has 5 heteroatoms. The van der Waals surface area contributed by atoms with Gasteiger partial charge in [0.05, 0.1) is 0 Å². The van der Waals surface area contributed by atoms with Gasteiger partial charge in [-0.2, -0.15) is 0 Å². The van der Waals surface area contributed by atoms with Crippen LogP contribution in [0.3, 0.4) is 0 Å². The lowest BCUT2D eigenvalue weighted by Gasteiger charge is -2.27. The van der Waals surface area contributed by atoms with E-state index < -0.39 is 6.04 Å². The zero-order valence-corrected chi connectivity index (χ0v) is 13.2. The van der Waals surface area contributed by atoms with Crippen LogP contribution in [0.4, 0.5) is 0 Å². The summed E-state index contributed by atoms with van der Waals surface area (Å²) in [7, 11) is 0. The fourth-order valence-electron chi connectivity index (χ4n) is 2.50. The van der Waals surface area contributed by atoms with Gasteiger partial charge in [0, 0.05) is 18.0 Å². The van der Waals surface area contributed by atoms with E-state index in [-0.39, 0.29) is 17.4 Å². The second-order valence-electron chi connectivity index (χ2n) is 7.01. The zero-order valence-electron chi connectivity index (χ0n) is 13.2. The van der Waals surface area contributed by atoms with Gasteiger partial charge >= 0.3 is 0 Å². The second-order valence-corrected chi connectivity index (χ2v) is 7.01. The summed E-state index contributed by atoms with van der Waals surface area (Å²) in [5.74, 6) is 0.228. The van der Waals surface area contributed by atoms with Crippen LogP contribution in [0.2, 0.25) is 0 Å². The molecule has 0 aliphatic heterocycles. The molecule has 1 aliphatic rings. The maximum absolute atomic E-state index is 12.0. The fourth-order valence-corrected chi connectivity index (χ4v) is 2.50. The summed E-state index contributed by atoms with van der Waals surface area (Å²) in [6.07, 6.45) is 4.52. The van der Waals surface area contributed by atoms with Crippen molar-refractivity contribution < 1.29 is 9.59 Å². The van der Waals surface area contributed by atoms with Crippen molar-refractivity contribution in [3.63, 3.8) is 0 Å². The summed E-state index contributed by atoms with van der Waals surface area (Å²) in [5.41, 5.74) is 5.57. The number of hydrogen-bond donors (Lipinski definition) is 3. The van der Waals surface area contributed by atoms with Crippen LogP contribution in [0.1, 0.15) is 59.8 Å². The van der Waals surface area contributed by atoms with Gasteiger partial charge in [0.1, 0.15) is 6.04 Å². The van der Waals surface area contributed by atoms with Crippen LogP contribution < -0.4 is 16.4 Å². The normalized spacial score (nSPS) is 24.9. The van der Waals surface area contributed by atoms with Crippen LogP contribution in [-0.4, -0.2) is 29.4 Å². The molecule has 1 atom stereocenters. The number of amides is 2. The first-order chi connectivity index (χ1) is 9.17. The van der Waals surface area contributed by atoms with Crippen LogP contribution in [0.15, 0.2) is 0 Å². The quantitative estimate of drug-likeness (QED) is 0.727. The summed E-state index contributed by atoms with van der Waals surface area (Å²) in [6, 6.07) is -0.196. The van der Waals surface area contributed by atoms with Gasteiger partial charge in [0.2, 0.25) is 11.8 Å². The van der Waals surface area contributed by atoms with Gasteiger partial charge in [0.15, 0.2) is 0 Å². The van der Waals surface area contributed by atoms with E-state index in [1.807, 2.05) is 20.8 Å². The summed E-state index contributed by atoms with van der Waals surface area (Å²) in [5, 5.41) is 5.64. The average Bonchev–Trinajstić information content (AvgIpc) is 2.29. The summed E-state index contributed by atoms with van der Waals surface area (Å²) in [6.45, 7) is 7.48. The van der Waals surface area contributed by atoms with Crippen LogP contribution in [0.25, 0.3) is 0 Å². The molecular formula is C15H29N3O2. The number of hydrogen-bond acceptors (Lipinski definition) is 3. The standard InChI is InChI=1S/C15H29N3O2/c1-10(14(20)18-15(2,3)4)17-13(19)9-11-5-7-12(16)8-6-11/h10-12H,5-9,16H2,1-4H3,(H,17,19)(H,18,20). The Morgan fingerprint density at radius 2 is 1.75 bits per heavy atom. The molecule has 0 saturated heterocycles. The Balaban J connectivity index is 2.32. The zero-order chi connectivity index (χ0) is 15.3. The summed E-state index contributed by atoms with van der Waals surface area (Å²) in [4.78, 5) is 23.8. The number of carbonyl (C=O) groups excluding carboxylic acids is 2. The fraction of sp³-hybridized carbons (Fsp3) is 0.867. The minimum atomic E-state index is -0.493. The molecule has 0 aromatic rings. The molecule has 0 radical (unpaired) electrons. The molecule has 116 valence electrons. The monoisotopic (exact) mass is 283 g/mol. The van der Waals surface area contributed by atoms with Crippen LogP contribution in [0, 0.1) is 5.92 Å².